The summed E-state index contributed by atoms with van der Waals surface area (Å²) in [6.45, 7) is 3.55. The lowest BCUT2D eigenvalue weighted by Gasteiger charge is -2.39. The minimum atomic E-state index is -1.49. The number of methoxy groups -OCH3 is 1. The Bertz CT molecular complexity index is 1660. The first-order chi connectivity index (χ1) is 20.4. The third-order valence-corrected chi connectivity index (χ3v) is 8.59. The molecule has 2 amide bonds. The Kier molecular flexibility index (Phi) is 8.18. The van der Waals surface area contributed by atoms with Crippen LogP contribution in [-0.2, 0) is 19.7 Å². The highest BCUT2D eigenvalue weighted by Crippen LogP contribution is 2.55. The third kappa shape index (κ3) is 5.56. The molecule has 222 valence electrons. The number of fused-ring (bicyclic) bond motifs is 1. The van der Waals surface area contributed by atoms with Crippen molar-refractivity contribution < 1.29 is 23.5 Å². The molecule has 12 heteroatoms. The summed E-state index contributed by atoms with van der Waals surface area (Å²) >= 11 is 12.5. The van der Waals surface area contributed by atoms with Crippen molar-refractivity contribution in [2.75, 3.05) is 17.7 Å². The van der Waals surface area contributed by atoms with E-state index in [9.17, 15) is 19.6 Å². The van der Waals surface area contributed by atoms with E-state index in [1.807, 2.05) is 0 Å². The van der Waals surface area contributed by atoms with Crippen LogP contribution in [0.1, 0.15) is 54.2 Å². The molecular formula is C31H28Cl2FN5O4. The minimum Gasteiger partial charge on any atom is -0.464 e. The lowest BCUT2D eigenvalue weighted by atomic mass is 9.62. The van der Waals surface area contributed by atoms with E-state index in [1.54, 1.807) is 38.1 Å². The first kappa shape index (κ1) is 30.4. The summed E-state index contributed by atoms with van der Waals surface area (Å²) in [5.41, 5.74) is -0.858. The van der Waals surface area contributed by atoms with Crippen molar-refractivity contribution >= 4 is 52.4 Å². The second-order valence-electron chi connectivity index (χ2n) is 11.4. The van der Waals surface area contributed by atoms with Gasteiger partial charge < -0.3 is 20.7 Å². The van der Waals surface area contributed by atoms with Gasteiger partial charge in [0.05, 0.1) is 47.5 Å². The SMILES string of the molecule is COC(=O)c1ccc(NC(=O)[C@@H]2N[C@@H](CC(C)(C)C#N)C[C@]2(c2cccc(Cl)c2F)C2C(=O)Nc3cc(Cl)ccc32)cn1. The number of benzene rings is 2. The van der Waals surface area contributed by atoms with Crippen molar-refractivity contribution in [1.29, 1.82) is 5.26 Å². The Balaban J connectivity index is 1.67. The number of nitriles is 1. The molecular weight excluding hydrogens is 596 g/mol. The monoisotopic (exact) mass is 623 g/mol. The number of nitrogens with zero attached hydrogens (tertiary/aromatic N) is 2. The topological polar surface area (TPSA) is 133 Å². The Morgan fingerprint density at radius 1 is 1.23 bits per heavy atom. The van der Waals surface area contributed by atoms with Crippen LogP contribution in [0, 0.1) is 22.6 Å². The van der Waals surface area contributed by atoms with Crippen LogP contribution in [0.25, 0.3) is 0 Å². The van der Waals surface area contributed by atoms with Gasteiger partial charge in [0.2, 0.25) is 11.8 Å². The van der Waals surface area contributed by atoms with Crippen LogP contribution < -0.4 is 16.0 Å². The van der Waals surface area contributed by atoms with E-state index in [-0.39, 0.29) is 28.4 Å². The molecule has 0 radical (unpaired) electrons. The molecule has 0 bridgehead atoms. The fraction of sp³-hybridized carbons (Fsp3) is 0.323. The van der Waals surface area contributed by atoms with Crippen LogP contribution in [0.2, 0.25) is 10.0 Å². The molecule has 1 aromatic heterocycles. The first-order valence-corrected chi connectivity index (χ1v) is 14.2. The van der Waals surface area contributed by atoms with Gasteiger partial charge >= 0.3 is 5.97 Å². The molecule has 0 aliphatic carbocycles. The molecule has 2 aromatic carbocycles. The normalized spacial score (nSPS) is 22.8. The summed E-state index contributed by atoms with van der Waals surface area (Å²) in [6.07, 6.45) is 1.75. The number of halogens is 3. The molecule has 4 atom stereocenters. The number of carbonyl (C=O) groups is 3. The molecule has 1 unspecified atom stereocenters. The van der Waals surface area contributed by atoms with Gasteiger partial charge in [-0.25, -0.2) is 14.2 Å². The number of pyridine rings is 1. The van der Waals surface area contributed by atoms with Gasteiger partial charge in [-0.1, -0.05) is 41.4 Å². The fourth-order valence-electron chi connectivity index (χ4n) is 6.29. The molecule has 1 saturated heterocycles. The smallest absolute Gasteiger partial charge is 0.356 e. The summed E-state index contributed by atoms with van der Waals surface area (Å²) in [5.74, 6) is -3.41. The molecule has 2 aliphatic heterocycles. The molecule has 9 nitrogen and oxygen atoms in total. The summed E-state index contributed by atoms with van der Waals surface area (Å²) in [6, 6.07) is 13.0. The highest BCUT2D eigenvalue weighted by atomic mass is 35.5. The van der Waals surface area contributed by atoms with Gasteiger partial charge in [0.15, 0.2) is 0 Å². The van der Waals surface area contributed by atoms with Crippen LogP contribution >= 0.6 is 23.2 Å². The summed E-state index contributed by atoms with van der Waals surface area (Å²) in [5, 5.41) is 19.0. The van der Waals surface area contributed by atoms with E-state index in [1.165, 1.54) is 37.6 Å². The minimum absolute atomic E-state index is 0.0477. The molecule has 2 aliphatic rings. The average Bonchev–Trinajstić information content (AvgIpc) is 3.50. The van der Waals surface area contributed by atoms with Crippen molar-refractivity contribution in [3.8, 4) is 6.07 Å². The molecule has 3 N–H and O–H groups in total. The van der Waals surface area contributed by atoms with Gasteiger partial charge in [-0.2, -0.15) is 5.26 Å². The van der Waals surface area contributed by atoms with Gasteiger partial charge in [0.25, 0.3) is 0 Å². The standard InChI is InChI=1S/C31H28Cl2FN5O4/c1-30(2,15-35)12-18-13-31(20-5-4-6-21(33)25(20)34,24-19-9-7-16(32)11-23(19)39-27(24)40)26(37-18)28(41)38-17-8-10-22(36-14-17)29(42)43-3/h4-11,14,18,24,26,37H,12-13H2,1-3H3,(H,38,41)(H,39,40)/t18-,24?,26-,31-/m0/s1. The Hall–Kier alpha value is -4.04. The Morgan fingerprint density at radius 3 is 2.67 bits per heavy atom. The maximum Gasteiger partial charge on any atom is 0.356 e. The number of hydrogen-bond donors (Lipinski definition) is 3. The van der Waals surface area contributed by atoms with Crippen molar-refractivity contribution in [2.24, 2.45) is 5.41 Å². The number of rotatable bonds is 7. The van der Waals surface area contributed by atoms with Crippen molar-refractivity contribution in [3.63, 3.8) is 0 Å². The van der Waals surface area contributed by atoms with E-state index < -0.39 is 52.4 Å². The van der Waals surface area contributed by atoms with Crippen LogP contribution in [0.5, 0.6) is 0 Å². The average molecular weight is 625 g/mol. The van der Waals surface area contributed by atoms with Crippen LogP contribution in [0.3, 0.4) is 0 Å². The highest BCUT2D eigenvalue weighted by molar-refractivity contribution is 6.31. The molecule has 1 fully saturated rings. The number of amides is 2. The van der Waals surface area contributed by atoms with E-state index in [4.69, 9.17) is 23.2 Å². The maximum absolute atomic E-state index is 16.1. The van der Waals surface area contributed by atoms with E-state index in [0.29, 0.717) is 22.7 Å². The number of aromatic nitrogens is 1. The van der Waals surface area contributed by atoms with Crippen LogP contribution in [0.4, 0.5) is 15.8 Å². The maximum atomic E-state index is 16.1. The Labute approximate surface area is 257 Å². The molecule has 0 saturated carbocycles. The number of esters is 1. The molecule has 3 aromatic rings. The van der Waals surface area contributed by atoms with Crippen molar-refractivity contribution in [1.82, 2.24) is 10.3 Å². The number of nitrogens with one attached hydrogen (secondary N) is 3. The van der Waals surface area contributed by atoms with Crippen LogP contribution in [-0.4, -0.2) is 42.0 Å². The molecule has 3 heterocycles. The van der Waals surface area contributed by atoms with Crippen molar-refractivity contribution in [3.05, 3.63) is 87.4 Å². The van der Waals surface area contributed by atoms with E-state index in [2.05, 4.69) is 31.7 Å². The first-order valence-electron chi connectivity index (χ1n) is 13.5. The summed E-state index contributed by atoms with van der Waals surface area (Å²) in [7, 11) is 1.23. The molecule has 5 rings (SSSR count). The number of anilines is 2. The van der Waals surface area contributed by atoms with E-state index in [0.717, 1.165) is 0 Å². The van der Waals surface area contributed by atoms with E-state index >= 15 is 4.39 Å². The van der Waals surface area contributed by atoms with Crippen LogP contribution in [0.15, 0.2) is 54.7 Å². The number of carbonyl (C=O) groups excluding carboxylic acids is 3. The summed E-state index contributed by atoms with van der Waals surface area (Å²) < 4.78 is 20.8. The zero-order valence-electron chi connectivity index (χ0n) is 23.5. The lowest BCUT2D eigenvalue weighted by molar-refractivity contribution is -0.121. The zero-order chi connectivity index (χ0) is 31.1. The largest absolute Gasteiger partial charge is 0.464 e. The quantitative estimate of drug-likeness (QED) is 0.292. The predicted molar refractivity (Wildman–Crippen MR) is 159 cm³/mol. The summed E-state index contributed by atoms with van der Waals surface area (Å²) in [4.78, 5) is 43.9. The van der Waals surface area contributed by atoms with Crippen molar-refractivity contribution in [2.45, 2.75) is 50.1 Å². The molecule has 43 heavy (non-hydrogen) atoms. The Morgan fingerprint density at radius 2 is 2.00 bits per heavy atom. The second-order valence-corrected chi connectivity index (χ2v) is 12.3. The fourth-order valence-corrected chi connectivity index (χ4v) is 6.64. The highest BCUT2D eigenvalue weighted by Gasteiger charge is 2.61. The van der Waals surface area contributed by atoms with Gasteiger partial charge in [-0.15, -0.1) is 0 Å². The number of hydrogen-bond acceptors (Lipinski definition) is 7. The zero-order valence-corrected chi connectivity index (χ0v) is 25.0. The van der Waals surface area contributed by atoms with Gasteiger partial charge in [-0.05, 0) is 68.1 Å². The molecule has 0 spiro atoms. The van der Waals surface area contributed by atoms with Gasteiger partial charge in [0.1, 0.15) is 11.5 Å². The lowest BCUT2D eigenvalue weighted by Crippen LogP contribution is -2.54. The number of ether oxygens (including phenoxy) is 1. The third-order valence-electron chi connectivity index (χ3n) is 8.06. The van der Waals surface area contributed by atoms with Gasteiger partial charge in [-0.3, -0.25) is 9.59 Å². The van der Waals surface area contributed by atoms with Gasteiger partial charge in [0, 0.05) is 22.2 Å². The predicted octanol–water partition coefficient (Wildman–Crippen LogP) is 5.60. The second kappa shape index (κ2) is 11.6.